The van der Waals surface area contributed by atoms with Crippen molar-refractivity contribution in [2.75, 3.05) is 23.3 Å². The van der Waals surface area contributed by atoms with Crippen molar-refractivity contribution in [1.82, 2.24) is 19.7 Å². The Bertz CT molecular complexity index is 961. The lowest BCUT2D eigenvalue weighted by Crippen LogP contribution is -2.41. The molecule has 3 aromatic rings. The smallest absolute Gasteiger partial charge is 0.229 e. The first-order chi connectivity index (χ1) is 13.6. The summed E-state index contributed by atoms with van der Waals surface area (Å²) in [6.07, 6.45) is 6.56. The lowest BCUT2D eigenvalue weighted by molar-refractivity contribution is -0.120. The van der Waals surface area contributed by atoms with Gasteiger partial charge in [0.25, 0.3) is 0 Å². The highest BCUT2D eigenvalue weighted by molar-refractivity contribution is 5.93. The van der Waals surface area contributed by atoms with E-state index in [-0.39, 0.29) is 17.5 Å². The van der Waals surface area contributed by atoms with Gasteiger partial charge in [0.1, 0.15) is 18.0 Å². The second kappa shape index (κ2) is 7.71. The third-order valence-electron chi connectivity index (χ3n) is 4.71. The molecule has 1 aliphatic rings. The molecule has 2 aromatic heterocycles. The van der Waals surface area contributed by atoms with E-state index in [9.17, 15) is 13.6 Å². The van der Waals surface area contributed by atoms with Crippen LogP contribution in [0.25, 0.3) is 5.82 Å². The number of aromatic nitrogens is 4. The number of anilines is 2. The first kappa shape index (κ1) is 18.0. The number of hydrogen-bond acceptors (Lipinski definition) is 5. The molecule has 9 heteroatoms. The molecule has 1 amide bonds. The first-order valence-electron chi connectivity index (χ1n) is 8.93. The monoisotopic (exact) mass is 384 g/mol. The Kier molecular flexibility index (Phi) is 4.96. The molecule has 0 spiro atoms. The molecule has 1 saturated heterocycles. The Labute approximate surface area is 160 Å². The van der Waals surface area contributed by atoms with Gasteiger partial charge in [0.05, 0.1) is 11.6 Å². The van der Waals surface area contributed by atoms with Crippen molar-refractivity contribution >= 4 is 17.4 Å². The highest BCUT2D eigenvalue weighted by atomic mass is 19.1. The third-order valence-corrected chi connectivity index (χ3v) is 4.71. The summed E-state index contributed by atoms with van der Waals surface area (Å²) >= 11 is 0. The fraction of sp³-hybridized carbons (Fsp3) is 0.263. The van der Waals surface area contributed by atoms with Gasteiger partial charge in [-0.15, -0.1) is 10.2 Å². The molecular formula is C19H18F2N6O. The van der Waals surface area contributed by atoms with Crippen molar-refractivity contribution in [3.63, 3.8) is 0 Å². The summed E-state index contributed by atoms with van der Waals surface area (Å²) in [6.45, 7) is 1.21. The van der Waals surface area contributed by atoms with E-state index in [4.69, 9.17) is 0 Å². The van der Waals surface area contributed by atoms with Crippen LogP contribution < -0.4 is 10.2 Å². The second-order valence-electron chi connectivity index (χ2n) is 6.62. The van der Waals surface area contributed by atoms with Crippen LogP contribution in [0, 0.1) is 17.6 Å². The zero-order valence-corrected chi connectivity index (χ0v) is 14.9. The number of imidazole rings is 1. The second-order valence-corrected chi connectivity index (χ2v) is 6.62. The van der Waals surface area contributed by atoms with Crippen molar-refractivity contribution < 1.29 is 13.6 Å². The molecule has 0 aliphatic carbocycles. The van der Waals surface area contributed by atoms with Crippen molar-refractivity contribution in [2.45, 2.75) is 12.8 Å². The van der Waals surface area contributed by atoms with E-state index in [2.05, 4.69) is 20.5 Å². The van der Waals surface area contributed by atoms with Crippen LogP contribution in [0.1, 0.15) is 12.8 Å². The average Bonchev–Trinajstić information content (AvgIpc) is 3.25. The predicted molar refractivity (Wildman–Crippen MR) is 99.1 cm³/mol. The largest absolute Gasteiger partial charge is 0.354 e. The molecule has 144 valence electrons. The minimum atomic E-state index is -0.790. The van der Waals surface area contributed by atoms with Crippen LogP contribution in [-0.4, -0.2) is 38.7 Å². The van der Waals surface area contributed by atoms with E-state index in [1.54, 1.807) is 23.3 Å². The number of rotatable bonds is 4. The van der Waals surface area contributed by atoms with E-state index in [1.807, 2.05) is 17.0 Å². The van der Waals surface area contributed by atoms with Crippen LogP contribution in [0.5, 0.6) is 0 Å². The summed E-state index contributed by atoms with van der Waals surface area (Å²) in [6, 6.07) is 6.77. The normalized spacial score (nSPS) is 16.8. The first-order valence-corrected chi connectivity index (χ1v) is 8.93. The van der Waals surface area contributed by atoms with Crippen LogP contribution in [0.15, 0.2) is 49.1 Å². The standard InChI is InChI=1S/C19H18F2N6O/c20-14-3-4-16(15(21)10-14)23-19(28)13-2-1-8-26(11-13)17-5-6-18(25-24-17)27-9-7-22-12-27/h3-7,9-10,12-13H,1-2,8,11H2,(H,23,28)/t13-/m1/s1. The average molecular weight is 384 g/mol. The minimum Gasteiger partial charge on any atom is -0.354 e. The molecule has 1 aromatic carbocycles. The molecule has 1 aliphatic heterocycles. The van der Waals surface area contributed by atoms with Crippen molar-refractivity contribution in [2.24, 2.45) is 5.92 Å². The molecule has 0 saturated carbocycles. The molecular weight excluding hydrogens is 366 g/mol. The van der Waals surface area contributed by atoms with E-state index in [0.29, 0.717) is 24.6 Å². The molecule has 0 bridgehead atoms. The molecule has 1 atom stereocenters. The predicted octanol–water partition coefficient (Wildman–Crippen LogP) is 2.80. The maximum Gasteiger partial charge on any atom is 0.229 e. The van der Waals surface area contributed by atoms with Crippen LogP contribution in [-0.2, 0) is 4.79 Å². The number of nitrogens with one attached hydrogen (secondary N) is 1. The minimum absolute atomic E-state index is 0.0204. The number of carbonyl (C=O) groups is 1. The van der Waals surface area contributed by atoms with Gasteiger partial charge in [-0.2, -0.15) is 0 Å². The van der Waals surface area contributed by atoms with Crippen molar-refractivity contribution in [1.29, 1.82) is 0 Å². The Balaban J connectivity index is 1.43. The molecule has 4 rings (SSSR count). The molecule has 0 unspecified atom stereocenters. The molecule has 0 radical (unpaired) electrons. The van der Waals surface area contributed by atoms with E-state index >= 15 is 0 Å². The van der Waals surface area contributed by atoms with Gasteiger partial charge in [0.15, 0.2) is 11.6 Å². The Morgan fingerprint density at radius 1 is 1.14 bits per heavy atom. The summed E-state index contributed by atoms with van der Waals surface area (Å²) < 4.78 is 28.6. The third kappa shape index (κ3) is 3.83. The van der Waals surface area contributed by atoms with Crippen molar-refractivity contribution in [3.8, 4) is 5.82 Å². The summed E-state index contributed by atoms with van der Waals surface area (Å²) in [5.41, 5.74) is -0.0204. The highest BCUT2D eigenvalue weighted by Crippen LogP contribution is 2.24. The van der Waals surface area contributed by atoms with Crippen LogP contribution >= 0.6 is 0 Å². The summed E-state index contributed by atoms with van der Waals surface area (Å²) in [4.78, 5) is 18.5. The number of halogens is 2. The molecule has 1 N–H and O–H groups in total. The maximum atomic E-state index is 13.8. The fourth-order valence-electron chi connectivity index (χ4n) is 3.24. The van der Waals surface area contributed by atoms with Gasteiger partial charge in [0.2, 0.25) is 5.91 Å². The summed E-state index contributed by atoms with van der Waals surface area (Å²) in [7, 11) is 0. The SMILES string of the molecule is O=C(Nc1ccc(F)cc1F)[C@@H]1CCCN(c2ccc(-n3ccnc3)nn2)C1. The van der Waals surface area contributed by atoms with Gasteiger partial charge in [-0.05, 0) is 37.1 Å². The quantitative estimate of drug-likeness (QED) is 0.749. The van der Waals surface area contributed by atoms with Gasteiger partial charge < -0.3 is 10.2 Å². The van der Waals surface area contributed by atoms with E-state index < -0.39 is 11.6 Å². The van der Waals surface area contributed by atoms with Gasteiger partial charge in [0, 0.05) is 31.5 Å². The number of nitrogens with zero attached hydrogens (tertiary/aromatic N) is 5. The number of hydrogen-bond donors (Lipinski definition) is 1. The van der Waals surface area contributed by atoms with Crippen LogP contribution in [0.4, 0.5) is 20.3 Å². The van der Waals surface area contributed by atoms with E-state index in [1.165, 1.54) is 6.07 Å². The van der Waals surface area contributed by atoms with E-state index in [0.717, 1.165) is 25.1 Å². The number of benzene rings is 1. The zero-order valence-electron chi connectivity index (χ0n) is 14.9. The molecule has 3 heterocycles. The van der Waals surface area contributed by atoms with Gasteiger partial charge in [-0.25, -0.2) is 13.8 Å². The molecule has 7 nitrogen and oxygen atoms in total. The molecule has 28 heavy (non-hydrogen) atoms. The van der Waals surface area contributed by atoms with Crippen LogP contribution in [0.2, 0.25) is 0 Å². The number of amides is 1. The lowest BCUT2D eigenvalue weighted by Gasteiger charge is -2.32. The van der Waals surface area contributed by atoms with Gasteiger partial charge in [-0.3, -0.25) is 9.36 Å². The Morgan fingerprint density at radius 2 is 1.96 bits per heavy atom. The van der Waals surface area contributed by atoms with Crippen molar-refractivity contribution in [3.05, 3.63) is 60.7 Å². The molecule has 1 fully saturated rings. The zero-order chi connectivity index (χ0) is 19.5. The van der Waals surface area contributed by atoms with Gasteiger partial charge in [-0.1, -0.05) is 0 Å². The number of piperidine rings is 1. The Morgan fingerprint density at radius 3 is 2.68 bits per heavy atom. The number of carbonyl (C=O) groups excluding carboxylic acids is 1. The summed E-state index contributed by atoms with van der Waals surface area (Å²) in [5, 5.41) is 11.0. The highest BCUT2D eigenvalue weighted by Gasteiger charge is 2.27. The Hall–Kier alpha value is -3.36. The fourth-order valence-corrected chi connectivity index (χ4v) is 3.24. The summed E-state index contributed by atoms with van der Waals surface area (Å²) in [5.74, 6) is -0.765. The van der Waals surface area contributed by atoms with Gasteiger partial charge >= 0.3 is 0 Å². The van der Waals surface area contributed by atoms with Crippen LogP contribution in [0.3, 0.4) is 0 Å². The topological polar surface area (TPSA) is 75.9 Å². The maximum absolute atomic E-state index is 13.8. The lowest BCUT2D eigenvalue weighted by atomic mass is 9.97.